The van der Waals surface area contributed by atoms with E-state index in [4.69, 9.17) is 15.5 Å². The summed E-state index contributed by atoms with van der Waals surface area (Å²) in [5.41, 5.74) is 6.21. The number of guanidine groups is 1. The molecular weight excluding hydrogens is 394 g/mol. The van der Waals surface area contributed by atoms with Gasteiger partial charge in [0.05, 0.1) is 12.5 Å². The number of hydrogen-bond donors (Lipinski definition) is 1. The number of nitrogens with two attached hydrogens (primary N) is 1. The Morgan fingerprint density at radius 2 is 2.08 bits per heavy atom. The number of halogens is 1. The molecule has 26 heavy (non-hydrogen) atoms. The van der Waals surface area contributed by atoms with Crippen molar-refractivity contribution in [3.63, 3.8) is 0 Å². The normalized spacial score (nSPS) is 39.0. The van der Waals surface area contributed by atoms with E-state index in [1.165, 1.54) is 4.90 Å². The van der Waals surface area contributed by atoms with Crippen LogP contribution < -0.4 is 5.73 Å². The maximum atomic E-state index is 12.8. The van der Waals surface area contributed by atoms with Crippen LogP contribution in [0.3, 0.4) is 0 Å². The number of ether oxygens (including phenoxy) is 1. The molecule has 2 N–H and O–H groups in total. The highest BCUT2D eigenvalue weighted by atomic mass is 79.9. The van der Waals surface area contributed by atoms with Crippen molar-refractivity contribution in [2.24, 2.45) is 16.1 Å². The fourth-order valence-corrected chi connectivity index (χ4v) is 5.21. The Morgan fingerprint density at radius 3 is 2.69 bits per heavy atom. The largest absolute Gasteiger partial charge is 0.381 e. The first-order valence-electron chi connectivity index (χ1n) is 9.21. The Bertz CT molecular complexity index is 689. The molecule has 0 aromatic rings. The lowest BCUT2D eigenvalue weighted by Crippen LogP contribution is -2.58. The van der Waals surface area contributed by atoms with E-state index in [2.05, 4.69) is 34.7 Å². The molecule has 1 atom stereocenters. The minimum atomic E-state index is -0.690. The number of fused-ring (bicyclic) bond motifs is 1. The molecule has 1 unspecified atom stereocenters. The monoisotopic (exact) mass is 421 g/mol. The minimum absolute atomic E-state index is 0.00335. The molecule has 1 amide bonds. The van der Waals surface area contributed by atoms with E-state index in [1.807, 2.05) is 6.08 Å². The molecule has 3 aliphatic rings. The predicted molar refractivity (Wildman–Crippen MR) is 108 cm³/mol. The van der Waals surface area contributed by atoms with Crippen molar-refractivity contribution in [1.82, 2.24) is 4.90 Å². The van der Waals surface area contributed by atoms with Crippen LogP contribution in [0, 0.1) is 5.41 Å². The predicted octanol–water partition coefficient (Wildman–Crippen LogP) is 3.66. The molecule has 0 saturated heterocycles. The van der Waals surface area contributed by atoms with E-state index in [0.717, 1.165) is 48.6 Å². The first-order valence-corrected chi connectivity index (χ1v) is 10.0. The maximum Gasteiger partial charge on any atom is 0.231 e. The fraction of sp³-hybridized carbons (Fsp3) is 0.600. The molecule has 1 fully saturated rings. The lowest BCUT2D eigenvalue weighted by atomic mass is 9.55. The molecule has 6 heteroatoms. The summed E-state index contributed by atoms with van der Waals surface area (Å²) in [6.45, 7) is 4.36. The lowest BCUT2D eigenvalue weighted by molar-refractivity contribution is -0.130. The Balaban J connectivity index is 2.14. The third-order valence-corrected chi connectivity index (χ3v) is 6.93. The van der Waals surface area contributed by atoms with E-state index in [1.54, 1.807) is 14.2 Å². The van der Waals surface area contributed by atoms with Crippen LogP contribution in [0.1, 0.15) is 44.9 Å². The maximum absolute atomic E-state index is 12.8. The van der Waals surface area contributed by atoms with Gasteiger partial charge in [-0.15, -0.1) is 0 Å². The average Bonchev–Trinajstić information content (AvgIpc) is 2.66. The van der Waals surface area contributed by atoms with Crippen molar-refractivity contribution in [3.8, 4) is 0 Å². The highest BCUT2D eigenvalue weighted by molar-refractivity contribution is 9.11. The number of allylic oxidation sites excluding steroid dienone is 3. The molecule has 1 heterocycles. The van der Waals surface area contributed by atoms with Gasteiger partial charge in [-0.3, -0.25) is 9.69 Å². The summed E-state index contributed by atoms with van der Waals surface area (Å²) in [5.74, 6) is 0.288. The highest BCUT2D eigenvalue weighted by Gasteiger charge is 2.56. The van der Waals surface area contributed by atoms with Crippen molar-refractivity contribution in [1.29, 1.82) is 0 Å². The van der Waals surface area contributed by atoms with Gasteiger partial charge >= 0.3 is 0 Å². The van der Waals surface area contributed by atoms with E-state index in [0.29, 0.717) is 6.42 Å². The molecule has 1 aliphatic heterocycles. The van der Waals surface area contributed by atoms with Crippen molar-refractivity contribution in [2.45, 2.75) is 56.6 Å². The molecule has 0 aromatic carbocycles. The second-order valence-corrected chi connectivity index (χ2v) is 8.59. The van der Waals surface area contributed by atoms with Gasteiger partial charge < -0.3 is 10.5 Å². The highest BCUT2D eigenvalue weighted by Crippen LogP contribution is 2.56. The van der Waals surface area contributed by atoms with Crippen LogP contribution >= 0.6 is 15.9 Å². The van der Waals surface area contributed by atoms with Gasteiger partial charge in [-0.1, -0.05) is 34.7 Å². The van der Waals surface area contributed by atoms with E-state index < -0.39 is 5.54 Å². The summed E-state index contributed by atoms with van der Waals surface area (Å²) in [6.07, 6.45) is 12.6. The SMILES string of the molecule is C=C1/C=C(Br)\C=C/CCC2(CCC(OC)CC2)C12CC(=O)N(C)C(N)=N2. The van der Waals surface area contributed by atoms with Gasteiger partial charge in [0.1, 0.15) is 5.54 Å². The second kappa shape index (κ2) is 7.31. The molecular formula is C20H28BrN3O2. The third-order valence-electron chi connectivity index (χ3n) is 6.44. The number of nitrogens with zero attached hydrogens (tertiary/aromatic N) is 2. The molecule has 0 bridgehead atoms. The Labute approximate surface area is 164 Å². The first kappa shape index (κ1) is 19.4. The van der Waals surface area contributed by atoms with Gasteiger partial charge in [-0.05, 0) is 50.2 Å². The number of carbonyl (C=O) groups excluding carboxylic acids is 1. The smallest absolute Gasteiger partial charge is 0.231 e. The average molecular weight is 422 g/mol. The summed E-state index contributed by atoms with van der Waals surface area (Å²) in [7, 11) is 3.46. The topological polar surface area (TPSA) is 67.9 Å². The van der Waals surface area contributed by atoms with E-state index in [-0.39, 0.29) is 23.4 Å². The van der Waals surface area contributed by atoms with Crippen molar-refractivity contribution in [3.05, 3.63) is 34.9 Å². The standard InChI is InChI=1S/C20H28BrN3O2/c1-14-12-15(21)6-4-5-9-19(10-7-16(26-3)8-11-19)20(14)13-17(25)24(2)18(22)23-20/h4,6,12,16H,1,5,7-11,13H2,2-3H3,(H2,22,23)/b6-4-,15-12+. The fourth-order valence-electron chi connectivity index (χ4n) is 4.75. The molecule has 1 saturated carbocycles. The molecule has 142 valence electrons. The Morgan fingerprint density at radius 1 is 1.38 bits per heavy atom. The first-order chi connectivity index (χ1) is 12.3. The van der Waals surface area contributed by atoms with Crippen LogP contribution in [0.15, 0.2) is 39.9 Å². The van der Waals surface area contributed by atoms with Crippen LogP contribution in [-0.4, -0.2) is 42.6 Å². The molecule has 3 rings (SSSR count). The molecule has 0 radical (unpaired) electrons. The summed E-state index contributed by atoms with van der Waals surface area (Å²) in [4.78, 5) is 19.2. The van der Waals surface area contributed by atoms with Gasteiger partial charge in [0.2, 0.25) is 5.91 Å². The summed E-state index contributed by atoms with van der Waals surface area (Å²) < 4.78 is 6.54. The van der Waals surface area contributed by atoms with Gasteiger partial charge in [0, 0.05) is 24.1 Å². The quantitative estimate of drug-likeness (QED) is 0.701. The van der Waals surface area contributed by atoms with Crippen LogP contribution in [0.2, 0.25) is 0 Å². The zero-order chi connectivity index (χ0) is 18.9. The number of carbonyl (C=O) groups is 1. The van der Waals surface area contributed by atoms with Crippen molar-refractivity contribution < 1.29 is 9.53 Å². The van der Waals surface area contributed by atoms with Crippen molar-refractivity contribution in [2.75, 3.05) is 14.2 Å². The summed E-state index contributed by atoms with van der Waals surface area (Å²) >= 11 is 3.59. The molecule has 2 aliphatic carbocycles. The summed E-state index contributed by atoms with van der Waals surface area (Å²) in [5, 5.41) is 0. The number of methoxy groups -OCH3 is 1. The molecule has 5 nitrogen and oxygen atoms in total. The Hall–Kier alpha value is -1.40. The zero-order valence-corrected chi connectivity index (χ0v) is 17.2. The number of rotatable bonds is 1. The zero-order valence-electron chi connectivity index (χ0n) is 15.6. The van der Waals surface area contributed by atoms with Crippen LogP contribution in [0.4, 0.5) is 0 Å². The van der Waals surface area contributed by atoms with E-state index >= 15 is 0 Å². The molecule has 2 spiro atoms. The third kappa shape index (κ3) is 3.18. The van der Waals surface area contributed by atoms with Crippen LogP contribution in [0.25, 0.3) is 0 Å². The number of aliphatic imine (C=N–C) groups is 1. The van der Waals surface area contributed by atoms with Crippen LogP contribution in [-0.2, 0) is 9.53 Å². The van der Waals surface area contributed by atoms with Gasteiger partial charge in [-0.25, -0.2) is 4.99 Å². The number of amides is 1. The molecule has 0 aromatic heterocycles. The Kier molecular flexibility index (Phi) is 5.45. The minimum Gasteiger partial charge on any atom is -0.381 e. The van der Waals surface area contributed by atoms with Gasteiger partial charge in [-0.2, -0.15) is 0 Å². The van der Waals surface area contributed by atoms with Crippen LogP contribution in [0.5, 0.6) is 0 Å². The van der Waals surface area contributed by atoms with Crippen molar-refractivity contribution >= 4 is 27.8 Å². The summed E-state index contributed by atoms with van der Waals surface area (Å²) in [6, 6.07) is 0. The second-order valence-electron chi connectivity index (χ2n) is 7.67. The van der Waals surface area contributed by atoms with E-state index in [9.17, 15) is 4.79 Å². The lowest BCUT2D eigenvalue weighted by Gasteiger charge is -2.53. The van der Waals surface area contributed by atoms with Gasteiger partial charge in [0.15, 0.2) is 5.96 Å². The number of hydrogen-bond acceptors (Lipinski definition) is 4. The van der Waals surface area contributed by atoms with Gasteiger partial charge in [0.25, 0.3) is 0 Å².